The number of hydrogen-bond acceptors (Lipinski definition) is 1. The molecule has 0 atom stereocenters. The average molecular weight is 463 g/mol. The van der Waals surface area contributed by atoms with Gasteiger partial charge in [0.15, 0.2) is 0 Å². The Morgan fingerprint density at radius 3 is 2.23 bits per heavy atom. The molecule has 1 aliphatic carbocycles. The number of fused-ring (bicyclic) bond motifs is 3. The first-order valence-corrected chi connectivity index (χ1v) is 13.2. The lowest BCUT2D eigenvalue weighted by Gasteiger charge is -2.31. The summed E-state index contributed by atoms with van der Waals surface area (Å²) < 4.78 is 2.52. The normalized spacial score (nSPS) is 12.9. The standard InChI is InChI=1S/C33H38N2/c1-8-33(6,7)28-20-34-32(23-14-10-9-11-15-23)35(28)31-27(21(2)3)19-25-18-24-16-12-13-17-26(24)30(25)29(31)22(4)5/h9-17,19-22H,8,18H2,1-7H3. The molecule has 0 radical (unpaired) electrons. The van der Waals surface area contributed by atoms with Crippen LogP contribution in [0.2, 0.25) is 0 Å². The first-order valence-electron chi connectivity index (χ1n) is 13.2. The number of hydrogen-bond donors (Lipinski definition) is 0. The summed E-state index contributed by atoms with van der Waals surface area (Å²) >= 11 is 0. The third-order valence-corrected chi connectivity index (χ3v) is 7.91. The Morgan fingerprint density at radius 1 is 0.886 bits per heavy atom. The minimum Gasteiger partial charge on any atom is -0.296 e. The van der Waals surface area contributed by atoms with Gasteiger partial charge in [0.05, 0.1) is 5.69 Å². The van der Waals surface area contributed by atoms with Gasteiger partial charge in [-0.25, -0.2) is 4.98 Å². The zero-order valence-corrected chi connectivity index (χ0v) is 22.3. The highest BCUT2D eigenvalue weighted by Crippen LogP contribution is 2.48. The number of rotatable bonds is 6. The number of benzene rings is 3. The maximum atomic E-state index is 5.08. The Bertz CT molecular complexity index is 1370. The van der Waals surface area contributed by atoms with E-state index in [1.807, 2.05) is 0 Å². The molecule has 1 heterocycles. The topological polar surface area (TPSA) is 17.8 Å². The fourth-order valence-electron chi connectivity index (χ4n) is 5.64. The molecule has 4 aromatic rings. The molecule has 2 heteroatoms. The lowest BCUT2D eigenvalue weighted by Crippen LogP contribution is -2.22. The first-order chi connectivity index (χ1) is 16.7. The lowest BCUT2D eigenvalue weighted by molar-refractivity contribution is 0.481. The third-order valence-electron chi connectivity index (χ3n) is 7.91. The van der Waals surface area contributed by atoms with Crippen LogP contribution in [0.1, 0.15) is 94.7 Å². The van der Waals surface area contributed by atoms with Crippen molar-refractivity contribution >= 4 is 0 Å². The molecule has 0 spiro atoms. The number of aromatic nitrogens is 2. The fourth-order valence-corrected chi connectivity index (χ4v) is 5.64. The van der Waals surface area contributed by atoms with Gasteiger partial charge < -0.3 is 0 Å². The molecule has 5 rings (SSSR count). The Hall–Kier alpha value is -3.13. The summed E-state index contributed by atoms with van der Waals surface area (Å²) in [6, 6.07) is 22.2. The molecule has 0 saturated heterocycles. The Balaban J connectivity index is 1.94. The van der Waals surface area contributed by atoms with E-state index in [0.29, 0.717) is 11.8 Å². The van der Waals surface area contributed by atoms with E-state index >= 15 is 0 Å². The second-order valence-corrected chi connectivity index (χ2v) is 11.3. The number of nitrogens with zero attached hydrogens (tertiary/aromatic N) is 2. The summed E-state index contributed by atoms with van der Waals surface area (Å²) in [4.78, 5) is 5.08. The Labute approximate surface area is 211 Å². The fraction of sp³-hybridized carbons (Fsp3) is 0.364. The molecule has 0 bridgehead atoms. The van der Waals surface area contributed by atoms with Crippen molar-refractivity contribution in [2.24, 2.45) is 0 Å². The molecule has 0 aliphatic heterocycles. The Morgan fingerprint density at radius 2 is 1.57 bits per heavy atom. The van der Waals surface area contributed by atoms with Crippen LogP contribution in [-0.2, 0) is 11.8 Å². The van der Waals surface area contributed by atoms with Crippen molar-refractivity contribution in [3.8, 4) is 28.2 Å². The van der Waals surface area contributed by atoms with Crippen LogP contribution in [0.5, 0.6) is 0 Å². The van der Waals surface area contributed by atoms with E-state index in [2.05, 4.69) is 120 Å². The highest BCUT2D eigenvalue weighted by atomic mass is 15.1. The predicted octanol–water partition coefficient (Wildman–Crippen LogP) is 9.04. The number of imidazole rings is 1. The third kappa shape index (κ3) is 3.84. The maximum Gasteiger partial charge on any atom is 0.144 e. The Kier molecular flexibility index (Phi) is 5.95. The van der Waals surface area contributed by atoms with E-state index < -0.39 is 0 Å². The van der Waals surface area contributed by atoms with E-state index in [0.717, 1.165) is 24.2 Å². The summed E-state index contributed by atoms with van der Waals surface area (Å²) in [5.41, 5.74) is 12.4. The molecule has 3 aromatic carbocycles. The van der Waals surface area contributed by atoms with Crippen molar-refractivity contribution in [3.05, 3.63) is 94.8 Å². The predicted molar refractivity (Wildman–Crippen MR) is 149 cm³/mol. The van der Waals surface area contributed by atoms with Gasteiger partial charge in [-0.05, 0) is 58.1 Å². The second kappa shape index (κ2) is 8.82. The van der Waals surface area contributed by atoms with Gasteiger partial charge in [0, 0.05) is 22.9 Å². The van der Waals surface area contributed by atoms with Crippen LogP contribution in [0.4, 0.5) is 0 Å². The highest BCUT2D eigenvalue weighted by Gasteiger charge is 2.33. The maximum absolute atomic E-state index is 5.08. The zero-order valence-electron chi connectivity index (χ0n) is 22.3. The molecule has 0 fully saturated rings. The van der Waals surface area contributed by atoms with Gasteiger partial charge in [-0.2, -0.15) is 0 Å². The monoisotopic (exact) mass is 462 g/mol. The summed E-state index contributed by atoms with van der Waals surface area (Å²) in [5.74, 6) is 1.82. The molecule has 2 nitrogen and oxygen atoms in total. The van der Waals surface area contributed by atoms with E-state index in [1.54, 1.807) is 0 Å². The van der Waals surface area contributed by atoms with Crippen molar-refractivity contribution in [1.82, 2.24) is 9.55 Å². The first kappa shape index (κ1) is 23.6. The summed E-state index contributed by atoms with van der Waals surface area (Å²) in [7, 11) is 0. The smallest absolute Gasteiger partial charge is 0.144 e. The molecular formula is C33H38N2. The van der Waals surface area contributed by atoms with Crippen molar-refractivity contribution in [3.63, 3.8) is 0 Å². The molecule has 1 aromatic heterocycles. The second-order valence-electron chi connectivity index (χ2n) is 11.3. The van der Waals surface area contributed by atoms with E-state index in [1.165, 1.54) is 44.8 Å². The molecule has 180 valence electrons. The molecule has 0 saturated carbocycles. The highest BCUT2D eigenvalue weighted by molar-refractivity contribution is 5.84. The van der Waals surface area contributed by atoms with Gasteiger partial charge in [-0.15, -0.1) is 0 Å². The largest absolute Gasteiger partial charge is 0.296 e. The molecule has 35 heavy (non-hydrogen) atoms. The molecule has 0 N–H and O–H groups in total. The van der Waals surface area contributed by atoms with Crippen LogP contribution < -0.4 is 0 Å². The van der Waals surface area contributed by atoms with Crippen molar-refractivity contribution < 1.29 is 0 Å². The summed E-state index contributed by atoms with van der Waals surface area (Å²) in [5, 5.41) is 0. The van der Waals surface area contributed by atoms with Crippen LogP contribution >= 0.6 is 0 Å². The van der Waals surface area contributed by atoms with Gasteiger partial charge >= 0.3 is 0 Å². The SMILES string of the molecule is CCC(C)(C)c1cnc(-c2ccccc2)n1-c1c(C(C)C)cc2c(c1C(C)C)-c1ccccc1C2. The summed E-state index contributed by atoms with van der Waals surface area (Å²) in [6.45, 7) is 16.4. The van der Waals surface area contributed by atoms with Crippen molar-refractivity contribution in [2.45, 2.75) is 78.6 Å². The van der Waals surface area contributed by atoms with Crippen LogP contribution in [-0.4, -0.2) is 9.55 Å². The minimum atomic E-state index is -0.000545. The van der Waals surface area contributed by atoms with E-state index in [9.17, 15) is 0 Å². The van der Waals surface area contributed by atoms with Gasteiger partial charge in [-0.1, -0.05) is 109 Å². The van der Waals surface area contributed by atoms with Gasteiger partial charge in [0.25, 0.3) is 0 Å². The van der Waals surface area contributed by atoms with Crippen molar-refractivity contribution in [1.29, 1.82) is 0 Å². The minimum absolute atomic E-state index is 0.000545. The van der Waals surface area contributed by atoms with Crippen LogP contribution in [0.25, 0.3) is 28.2 Å². The molecular weight excluding hydrogens is 424 g/mol. The van der Waals surface area contributed by atoms with E-state index in [4.69, 9.17) is 4.98 Å². The van der Waals surface area contributed by atoms with E-state index in [-0.39, 0.29) is 5.41 Å². The average Bonchev–Trinajstić information content (AvgIpc) is 3.45. The molecule has 0 unspecified atom stereocenters. The van der Waals surface area contributed by atoms with Crippen molar-refractivity contribution in [2.75, 3.05) is 0 Å². The van der Waals surface area contributed by atoms with Crippen LogP contribution in [0.3, 0.4) is 0 Å². The van der Waals surface area contributed by atoms with Crippen LogP contribution in [0.15, 0.2) is 66.9 Å². The molecule has 0 amide bonds. The molecule has 1 aliphatic rings. The lowest BCUT2D eigenvalue weighted by atomic mass is 9.83. The summed E-state index contributed by atoms with van der Waals surface area (Å²) in [6.07, 6.45) is 4.20. The van der Waals surface area contributed by atoms with Crippen LogP contribution in [0, 0.1) is 0 Å². The van der Waals surface area contributed by atoms with Gasteiger partial charge in [0.1, 0.15) is 5.82 Å². The van der Waals surface area contributed by atoms with Gasteiger partial charge in [-0.3, -0.25) is 4.57 Å². The zero-order chi connectivity index (χ0) is 24.9. The van der Waals surface area contributed by atoms with Gasteiger partial charge in [0.2, 0.25) is 0 Å². The quantitative estimate of drug-likeness (QED) is 0.246.